The molecule has 1 saturated carbocycles. The zero-order valence-corrected chi connectivity index (χ0v) is 20.4. The number of rotatable bonds is 5. The van der Waals surface area contributed by atoms with Gasteiger partial charge in [-0.05, 0) is 61.2 Å². The van der Waals surface area contributed by atoms with Gasteiger partial charge >= 0.3 is 0 Å². The van der Waals surface area contributed by atoms with Crippen LogP contribution < -0.4 is 4.90 Å². The summed E-state index contributed by atoms with van der Waals surface area (Å²) in [5.74, 6) is 1.89. The second-order valence-corrected chi connectivity index (χ2v) is 11.0. The summed E-state index contributed by atoms with van der Waals surface area (Å²) in [6, 6.07) is 7.24. The van der Waals surface area contributed by atoms with Gasteiger partial charge in [0.1, 0.15) is 5.82 Å². The van der Waals surface area contributed by atoms with Crippen LogP contribution in [0.2, 0.25) is 0 Å². The highest BCUT2D eigenvalue weighted by atomic mass is 32.1. The second kappa shape index (κ2) is 9.27. The SMILES string of the molecule is O=C1c2ccccc2C(=O)N1C[C@@H]1CCCC[C@H]1CN1CCN(c2nsc3c2C=CCC3)CC1. The number of allylic oxidation sites excluding steroid dienone is 1. The number of aryl methyl sites for hydroxylation is 1. The van der Waals surface area contributed by atoms with Crippen molar-refractivity contribution in [2.45, 2.75) is 38.5 Å². The van der Waals surface area contributed by atoms with Crippen LogP contribution >= 0.6 is 11.5 Å². The summed E-state index contributed by atoms with van der Waals surface area (Å²) in [5, 5.41) is 0. The Labute approximate surface area is 205 Å². The Bertz CT molecular complexity index is 1080. The average Bonchev–Trinajstić information content (AvgIpc) is 3.41. The van der Waals surface area contributed by atoms with Crippen LogP contribution in [0.25, 0.3) is 6.08 Å². The predicted molar refractivity (Wildman–Crippen MR) is 135 cm³/mol. The number of nitrogens with zero attached hydrogens (tertiary/aromatic N) is 4. The number of aromatic nitrogens is 1. The van der Waals surface area contributed by atoms with E-state index in [1.54, 1.807) is 23.7 Å². The molecule has 34 heavy (non-hydrogen) atoms. The van der Waals surface area contributed by atoms with Crippen molar-refractivity contribution in [2.75, 3.05) is 44.2 Å². The summed E-state index contributed by atoms with van der Waals surface area (Å²) in [7, 11) is 0. The predicted octanol–water partition coefficient (Wildman–Crippen LogP) is 4.33. The molecule has 1 saturated heterocycles. The van der Waals surface area contributed by atoms with Crippen molar-refractivity contribution in [1.82, 2.24) is 14.2 Å². The molecule has 178 valence electrons. The van der Waals surface area contributed by atoms with Crippen LogP contribution in [0, 0.1) is 11.8 Å². The van der Waals surface area contributed by atoms with Gasteiger partial charge in [-0.25, -0.2) is 0 Å². The number of anilines is 1. The van der Waals surface area contributed by atoms with E-state index in [0.29, 0.717) is 29.5 Å². The monoisotopic (exact) mass is 476 g/mol. The molecule has 2 aliphatic heterocycles. The van der Waals surface area contributed by atoms with Crippen molar-refractivity contribution in [3.05, 3.63) is 51.9 Å². The molecule has 0 N–H and O–H groups in total. The lowest BCUT2D eigenvalue weighted by molar-refractivity contribution is 0.0562. The Morgan fingerprint density at radius 3 is 2.29 bits per heavy atom. The van der Waals surface area contributed by atoms with E-state index in [1.807, 2.05) is 12.1 Å². The summed E-state index contributed by atoms with van der Waals surface area (Å²) >= 11 is 1.67. The van der Waals surface area contributed by atoms with E-state index in [1.165, 1.54) is 40.4 Å². The van der Waals surface area contributed by atoms with Crippen LogP contribution in [-0.4, -0.2) is 65.3 Å². The maximum atomic E-state index is 12.9. The van der Waals surface area contributed by atoms with Gasteiger partial charge in [0, 0.05) is 49.7 Å². The van der Waals surface area contributed by atoms with Gasteiger partial charge in [0.25, 0.3) is 11.8 Å². The van der Waals surface area contributed by atoms with Gasteiger partial charge in [0.2, 0.25) is 0 Å². The van der Waals surface area contributed by atoms with Crippen LogP contribution in [-0.2, 0) is 6.42 Å². The van der Waals surface area contributed by atoms with E-state index in [9.17, 15) is 9.59 Å². The first-order valence-corrected chi connectivity index (χ1v) is 13.5. The van der Waals surface area contributed by atoms with E-state index in [-0.39, 0.29) is 11.8 Å². The van der Waals surface area contributed by atoms with Crippen LogP contribution in [0.4, 0.5) is 5.82 Å². The number of imide groups is 1. The molecule has 3 heterocycles. The number of piperazine rings is 1. The molecule has 0 radical (unpaired) electrons. The number of amides is 2. The number of hydrogen-bond donors (Lipinski definition) is 0. The third-order valence-corrected chi connectivity index (χ3v) is 9.04. The Hall–Kier alpha value is -2.51. The Morgan fingerprint density at radius 2 is 1.59 bits per heavy atom. The highest BCUT2D eigenvalue weighted by molar-refractivity contribution is 7.06. The molecule has 1 aromatic carbocycles. The first kappa shape index (κ1) is 22.0. The molecule has 6 nitrogen and oxygen atoms in total. The second-order valence-electron chi connectivity index (χ2n) is 10.1. The lowest BCUT2D eigenvalue weighted by Crippen LogP contribution is -2.49. The van der Waals surface area contributed by atoms with E-state index in [4.69, 9.17) is 4.37 Å². The quantitative estimate of drug-likeness (QED) is 0.602. The lowest BCUT2D eigenvalue weighted by atomic mass is 9.78. The molecule has 4 aliphatic rings. The van der Waals surface area contributed by atoms with Gasteiger partial charge < -0.3 is 4.90 Å². The molecule has 0 spiro atoms. The normalized spacial score (nSPS) is 25.1. The zero-order chi connectivity index (χ0) is 23.1. The number of carbonyl (C=O) groups is 2. The van der Waals surface area contributed by atoms with Gasteiger partial charge in [-0.2, -0.15) is 4.37 Å². The molecule has 0 bridgehead atoms. The number of hydrogen-bond acceptors (Lipinski definition) is 6. The van der Waals surface area contributed by atoms with Gasteiger partial charge in [-0.3, -0.25) is 19.4 Å². The topological polar surface area (TPSA) is 56.8 Å². The van der Waals surface area contributed by atoms with Gasteiger partial charge in [-0.15, -0.1) is 0 Å². The van der Waals surface area contributed by atoms with Crippen molar-refractivity contribution >= 4 is 35.2 Å². The highest BCUT2D eigenvalue weighted by Gasteiger charge is 2.39. The average molecular weight is 477 g/mol. The highest BCUT2D eigenvalue weighted by Crippen LogP contribution is 2.35. The van der Waals surface area contributed by atoms with Gasteiger partial charge in [-0.1, -0.05) is 37.1 Å². The van der Waals surface area contributed by atoms with E-state index < -0.39 is 0 Å². The number of fused-ring (bicyclic) bond motifs is 2. The standard InChI is InChI=1S/C27H32N4O2S/c32-26-21-9-3-4-10-22(21)27(33)31(26)18-20-8-2-1-7-19(20)17-29-13-15-30(16-14-29)25-23-11-5-6-12-24(23)34-28-25/h3-5,9-11,19-20H,1-2,6-8,12-18H2/t19-,20-/m0/s1. The summed E-state index contributed by atoms with van der Waals surface area (Å²) < 4.78 is 4.79. The van der Waals surface area contributed by atoms with Gasteiger partial charge in [0.05, 0.1) is 11.1 Å². The van der Waals surface area contributed by atoms with Crippen molar-refractivity contribution in [2.24, 2.45) is 11.8 Å². The first-order chi connectivity index (χ1) is 16.7. The van der Waals surface area contributed by atoms with E-state index in [2.05, 4.69) is 22.0 Å². The summed E-state index contributed by atoms with van der Waals surface area (Å²) in [6.07, 6.45) is 11.5. The fourth-order valence-corrected chi connectivity index (χ4v) is 7.07. The molecule has 0 unspecified atom stereocenters. The summed E-state index contributed by atoms with van der Waals surface area (Å²) in [6.45, 7) is 5.75. The lowest BCUT2D eigenvalue weighted by Gasteiger charge is -2.40. The first-order valence-electron chi connectivity index (χ1n) is 12.8. The maximum Gasteiger partial charge on any atom is 0.261 e. The Morgan fingerprint density at radius 1 is 0.912 bits per heavy atom. The minimum Gasteiger partial charge on any atom is -0.353 e. The Balaban J connectivity index is 1.08. The summed E-state index contributed by atoms with van der Waals surface area (Å²) in [4.78, 5) is 33.8. The van der Waals surface area contributed by atoms with Gasteiger partial charge in [0.15, 0.2) is 0 Å². The van der Waals surface area contributed by atoms with E-state index >= 15 is 0 Å². The van der Waals surface area contributed by atoms with Crippen molar-refractivity contribution < 1.29 is 9.59 Å². The molecule has 2 fully saturated rings. The molecule has 2 aromatic rings. The van der Waals surface area contributed by atoms with Crippen LogP contribution in [0.1, 0.15) is 63.3 Å². The van der Waals surface area contributed by atoms with Crippen molar-refractivity contribution in [3.8, 4) is 0 Å². The molecular formula is C27H32N4O2S. The largest absolute Gasteiger partial charge is 0.353 e. The third kappa shape index (κ3) is 3.99. The number of carbonyl (C=O) groups excluding carboxylic acids is 2. The molecule has 2 atom stereocenters. The smallest absolute Gasteiger partial charge is 0.261 e. The number of benzene rings is 1. The molecule has 2 aliphatic carbocycles. The third-order valence-electron chi connectivity index (χ3n) is 8.13. The molecular weight excluding hydrogens is 444 g/mol. The molecule has 1 aromatic heterocycles. The summed E-state index contributed by atoms with van der Waals surface area (Å²) in [5.41, 5.74) is 2.48. The minimum atomic E-state index is -0.112. The fraction of sp³-hybridized carbons (Fsp3) is 0.519. The van der Waals surface area contributed by atoms with Crippen molar-refractivity contribution in [1.29, 1.82) is 0 Å². The molecule has 7 heteroatoms. The van der Waals surface area contributed by atoms with Crippen molar-refractivity contribution in [3.63, 3.8) is 0 Å². The Kier molecular flexibility index (Phi) is 5.99. The molecule has 6 rings (SSSR count). The van der Waals surface area contributed by atoms with E-state index in [0.717, 1.165) is 52.0 Å². The maximum absolute atomic E-state index is 12.9. The molecule has 2 amide bonds. The fourth-order valence-electron chi connectivity index (χ4n) is 6.19. The van der Waals surface area contributed by atoms with Crippen LogP contribution in [0.5, 0.6) is 0 Å². The minimum absolute atomic E-state index is 0.112. The van der Waals surface area contributed by atoms with Crippen LogP contribution in [0.15, 0.2) is 30.3 Å². The van der Waals surface area contributed by atoms with Crippen LogP contribution in [0.3, 0.4) is 0 Å². The zero-order valence-electron chi connectivity index (χ0n) is 19.6.